The lowest BCUT2D eigenvalue weighted by Crippen LogP contribution is -2.41. The van der Waals surface area contributed by atoms with Crippen molar-refractivity contribution in [3.8, 4) is 5.75 Å². The first-order chi connectivity index (χ1) is 12.0. The summed E-state index contributed by atoms with van der Waals surface area (Å²) in [5, 5.41) is 3.66. The first-order valence-corrected chi connectivity index (χ1v) is 8.93. The number of carbonyl (C=O) groups excluding carboxylic acids is 1. The number of carbonyl (C=O) groups is 1. The Hall–Kier alpha value is -1.75. The van der Waals surface area contributed by atoms with Crippen LogP contribution in [0.25, 0.3) is 0 Å². The minimum atomic E-state index is -0.157. The molecule has 0 spiro atoms. The van der Waals surface area contributed by atoms with Gasteiger partial charge in [-0.05, 0) is 62.0 Å². The molecule has 0 aliphatic rings. The molecule has 2 aromatic carbocycles. The van der Waals surface area contributed by atoms with Gasteiger partial charge in [-0.3, -0.25) is 9.69 Å². The third-order valence-corrected chi connectivity index (χ3v) is 4.43. The van der Waals surface area contributed by atoms with E-state index < -0.39 is 0 Å². The fourth-order valence-electron chi connectivity index (χ4n) is 2.57. The molecule has 0 saturated heterocycles. The average Bonchev–Trinajstić information content (AvgIpc) is 2.63. The molecule has 6 heteroatoms. The van der Waals surface area contributed by atoms with E-state index in [0.717, 1.165) is 30.1 Å². The number of nitrogens with one attached hydrogen (secondary N) is 1. The normalized spacial score (nSPS) is 11.6. The summed E-state index contributed by atoms with van der Waals surface area (Å²) in [6, 6.07) is 14.8. The molecular formula is C20H26Cl2N2O2. The number of hydrogen-bond donors (Lipinski definition) is 1. The highest BCUT2D eigenvalue weighted by atomic mass is 35.5. The molecule has 2 aromatic rings. The molecule has 1 amide bonds. The van der Waals surface area contributed by atoms with Crippen LogP contribution in [0.1, 0.15) is 26.3 Å². The Labute approximate surface area is 166 Å². The summed E-state index contributed by atoms with van der Waals surface area (Å²) in [5.74, 6) is 0.753. The molecule has 1 unspecified atom stereocenters. The third-order valence-electron chi connectivity index (χ3n) is 4.18. The number of ether oxygens (including phenoxy) is 1. The van der Waals surface area contributed by atoms with Crippen molar-refractivity contribution in [1.82, 2.24) is 4.90 Å². The maximum atomic E-state index is 12.3. The molecule has 0 radical (unpaired) electrons. The Morgan fingerprint density at radius 1 is 1.08 bits per heavy atom. The van der Waals surface area contributed by atoms with Gasteiger partial charge in [0, 0.05) is 10.7 Å². The number of rotatable bonds is 8. The van der Waals surface area contributed by atoms with Crippen LogP contribution in [0.5, 0.6) is 5.75 Å². The molecule has 0 saturated carbocycles. The zero-order chi connectivity index (χ0) is 18.2. The summed E-state index contributed by atoms with van der Waals surface area (Å²) in [6.07, 6.45) is 0. The van der Waals surface area contributed by atoms with Gasteiger partial charge in [0.25, 0.3) is 0 Å². The van der Waals surface area contributed by atoms with Crippen LogP contribution in [-0.2, 0) is 11.4 Å². The van der Waals surface area contributed by atoms with Crippen LogP contribution in [0.2, 0.25) is 5.02 Å². The van der Waals surface area contributed by atoms with Crippen molar-refractivity contribution < 1.29 is 9.53 Å². The quantitative estimate of drug-likeness (QED) is 0.681. The molecular weight excluding hydrogens is 371 g/mol. The van der Waals surface area contributed by atoms with E-state index in [4.69, 9.17) is 16.3 Å². The fourth-order valence-corrected chi connectivity index (χ4v) is 2.69. The second-order valence-corrected chi connectivity index (χ2v) is 6.26. The van der Waals surface area contributed by atoms with Gasteiger partial charge in [-0.1, -0.05) is 37.6 Å². The van der Waals surface area contributed by atoms with Gasteiger partial charge in [-0.25, -0.2) is 0 Å². The van der Waals surface area contributed by atoms with E-state index in [1.165, 1.54) is 0 Å². The standard InChI is InChI=1S/C20H25ClN2O2.ClH/c1-4-23(5-2)15(3)20(24)22-18-10-12-19(13-11-18)25-14-16-6-8-17(21)9-7-16;/h6-13,15H,4-5,14H2,1-3H3,(H,22,24);1H. The van der Waals surface area contributed by atoms with Gasteiger partial charge in [0.1, 0.15) is 12.4 Å². The molecule has 142 valence electrons. The molecule has 0 heterocycles. The highest BCUT2D eigenvalue weighted by Crippen LogP contribution is 2.18. The number of likely N-dealkylation sites (N-methyl/N-ethyl adjacent to an activating group) is 1. The molecule has 0 aliphatic carbocycles. The van der Waals surface area contributed by atoms with Crippen molar-refractivity contribution in [2.24, 2.45) is 0 Å². The molecule has 0 bridgehead atoms. The number of hydrogen-bond acceptors (Lipinski definition) is 3. The lowest BCUT2D eigenvalue weighted by molar-refractivity contribution is -0.120. The number of halogens is 2. The predicted octanol–water partition coefficient (Wildman–Crippen LogP) is 5.01. The number of amides is 1. The van der Waals surface area contributed by atoms with Crippen molar-refractivity contribution in [2.75, 3.05) is 18.4 Å². The molecule has 0 fully saturated rings. The zero-order valence-corrected chi connectivity index (χ0v) is 16.9. The molecule has 0 aliphatic heterocycles. The van der Waals surface area contributed by atoms with Crippen molar-refractivity contribution in [3.63, 3.8) is 0 Å². The summed E-state index contributed by atoms with van der Waals surface area (Å²) in [5.41, 5.74) is 1.82. The highest BCUT2D eigenvalue weighted by Gasteiger charge is 2.18. The maximum Gasteiger partial charge on any atom is 0.241 e. The van der Waals surface area contributed by atoms with Gasteiger partial charge < -0.3 is 10.1 Å². The van der Waals surface area contributed by atoms with Crippen LogP contribution in [0.3, 0.4) is 0 Å². The Morgan fingerprint density at radius 3 is 2.19 bits per heavy atom. The van der Waals surface area contributed by atoms with Gasteiger partial charge >= 0.3 is 0 Å². The second kappa shape index (κ2) is 11.1. The largest absolute Gasteiger partial charge is 0.489 e. The first-order valence-electron chi connectivity index (χ1n) is 8.55. The van der Waals surface area contributed by atoms with Crippen LogP contribution >= 0.6 is 24.0 Å². The van der Waals surface area contributed by atoms with Crippen LogP contribution < -0.4 is 10.1 Å². The van der Waals surface area contributed by atoms with Crippen molar-refractivity contribution >= 4 is 35.6 Å². The van der Waals surface area contributed by atoms with Crippen molar-refractivity contribution in [2.45, 2.75) is 33.4 Å². The Kier molecular flexibility index (Phi) is 9.49. The van der Waals surface area contributed by atoms with Gasteiger partial charge in [0.05, 0.1) is 6.04 Å². The molecule has 2 rings (SSSR count). The van der Waals surface area contributed by atoms with Gasteiger partial charge in [-0.2, -0.15) is 0 Å². The van der Waals surface area contributed by atoms with E-state index in [1.54, 1.807) is 0 Å². The Balaban J connectivity index is 0.00000338. The lowest BCUT2D eigenvalue weighted by Gasteiger charge is -2.25. The van der Waals surface area contributed by atoms with E-state index in [1.807, 2.05) is 55.5 Å². The smallest absolute Gasteiger partial charge is 0.241 e. The van der Waals surface area contributed by atoms with Crippen LogP contribution in [0.15, 0.2) is 48.5 Å². The van der Waals surface area contributed by atoms with E-state index in [2.05, 4.69) is 24.1 Å². The van der Waals surface area contributed by atoms with Crippen LogP contribution in [0, 0.1) is 0 Å². The Morgan fingerprint density at radius 2 is 1.65 bits per heavy atom. The molecule has 26 heavy (non-hydrogen) atoms. The molecule has 1 N–H and O–H groups in total. The summed E-state index contributed by atoms with van der Waals surface area (Å²) >= 11 is 5.87. The van der Waals surface area contributed by atoms with E-state index in [0.29, 0.717) is 11.6 Å². The monoisotopic (exact) mass is 396 g/mol. The minimum Gasteiger partial charge on any atom is -0.489 e. The van der Waals surface area contributed by atoms with Gasteiger partial charge in [0.2, 0.25) is 5.91 Å². The minimum absolute atomic E-state index is 0. The average molecular weight is 397 g/mol. The summed E-state index contributed by atoms with van der Waals surface area (Å²) < 4.78 is 5.75. The number of benzene rings is 2. The van der Waals surface area contributed by atoms with E-state index in [9.17, 15) is 4.79 Å². The number of nitrogens with zero attached hydrogens (tertiary/aromatic N) is 1. The summed E-state index contributed by atoms with van der Waals surface area (Å²) in [4.78, 5) is 14.4. The van der Waals surface area contributed by atoms with Crippen molar-refractivity contribution in [1.29, 1.82) is 0 Å². The van der Waals surface area contributed by atoms with Crippen LogP contribution in [0.4, 0.5) is 5.69 Å². The maximum absolute atomic E-state index is 12.3. The summed E-state index contributed by atoms with van der Waals surface area (Å²) in [6.45, 7) is 8.21. The topological polar surface area (TPSA) is 41.6 Å². The fraction of sp³-hybridized carbons (Fsp3) is 0.350. The van der Waals surface area contributed by atoms with E-state index >= 15 is 0 Å². The van der Waals surface area contributed by atoms with Crippen LogP contribution in [-0.4, -0.2) is 29.9 Å². The van der Waals surface area contributed by atoms with Gasteiger partial charge in [0.15, 0.2) is 0 Å². The summed E-state index contributed by atoms with van der Waals surface area (Å²) in [7, 11) is 0. The molecule has 0 aromatic heterocycles. The molecule has 4 nitrogen and oxygen atoms in total. The SMILES string of the molecule is CCN(CC)C(C)C(=O)Nc1ccc(OCc2ccc(Cl)cc2)cc1.Cl. The lowest BCUT2D eigenvalue weighted by atomic mass is 10.2. The second-order valence-electron chi connectivity index (χ2n) is 5.83. The predicted molar refractivity (Wildman–Crippen MR) is 110 cm³/mol. The Bertz CT molecular complexity index is 671. The third kappa shape index (κ3) is 6.52. The van der Waals surface area contributed by atoms with Gasteiger partial charge in [-0.15, -0.1) is 12.4 Å². The zero-order valence-electron chi connectivity index (χ0n) is 15.4. The van der Waals surface area contributed by atoms with E-state index in [-0.39, 0.29) is 24.4 Å². The number of anilines is 1. The molecule has 1 atom stereocenters. The van der Waals surface area contributed by atoms with Crippen molar-refractivity contribution in [3.05, 3.63) is 59.1 Å². The first kappa shape index (κ1) is 22.3. The highest BCUT2D eigenvalue weighted by molar-refractivity contribution is 6.30.